The number of methoxy groups -OCH3 is 1. The molecular weight excluding hydrogens is 265 g/mol. The van der Waals surface area contributed by atoms with Crippen molar-refractivity contribution >= 4 is 5.97 Å². The maximum atomic E-state index is 12.5. The van der Waals surface area contributed by atoms with Crippen LogP contribution in [0.15, 0.2) is 0 Å². The van der Waals surface area contributed by atoms with Crippen LogP contribution in [0, 0.1) is 17.2 Å². The van der Waals surface area contributed by atoms with Crippen LogP contribution >= 0.6 is 0 Å². The monoisotopic (exact) mass is 280 g/mol. The van der Waals surface area contributed by atoms with Crippen molar-refractivity contribution in [3.05, 3.63) is 0 Å². The highest BCUT2D eigenvalue weighted by Gasteiger charge is 2.41. The molecule has 5 nitrogen and oxygen atoms in total. The molecule has 0 amide bonds. The van der Waals surface area contributed by atoms with E-state index in [1.165, 1.54) is 18.1 Å². The summed E-state index contributed by atoms with van der Waals surface area (Å²) in [6.45, 7) is 0.327. The molecule has 108 valence electrons. The molecule has 0 radical (unpaired) electrons. The molecule has 2 unspecified atom stereocenters. The first-order valence-corrected chi connectivity index (χ1v) is 5.74. The van der Waals surface area contributed by atoms with E-state index in [2.05, 4.69) is 4.74 Å². The molecule has 0 aliphatic carbocycles. The Morgan fingerprint density at radius 3 is 2.84 bits per heavy atom. The van der Waals surface area contributed by atoms with Crippen LogP contribution in [0.4, 0.5) is 13.2 Å². The van der Waals surface area contributed by atoms with Gasteiger partial charge in [0.15, 0.2) is 5.92 Å². The molecule has 0 bridgehead atoms. The molecule has 1 heterocycles. The summed E-state index contributed by atoms with van der Waals surface area (Å²) in [5.74, 6) is -2.50. The van der Waals surface area contributed by atoms with Crippen molar-refractivity contribution in [2.75, 3.05) is 33.4 Å². The van der Waals surface area contributed by atoms with E-state index in [-0.39, 0.29) is 19.6 Å². The summed E-state index contributed by atoms with van der Waals surface area (Å²) in [6.07, 6.45) is -5.03. The minimum atomic E-state index is -4.54. The highest BCUT2D eigenvalue weighted by atomic mass is 19.4. The molecule has 1 saturated heterocycles. The number of ether oxygens (including phenoxy) is 2. The summed E-state index contributed by atoms with van der Waals surface area (Å²) in [4.78, 5) is 12.6. The number of hydrogen-bond acceptors (Lipinski definition) is 5. The number of morpholine rings is 1. The molecule has 1 rings (SSSR count). The Kier molecular flexibility index (Phi) is 5.57. The van der Waals surface area contributed by atoms with Crippen LogP contribution < -0.4 is 0 Å². The lowest BCUT2D eigenvalue weighted by Gasteiger charge is -2.33. The van der Waals surface area contributed by atoms with Crippen LogP contribution in [-0.4, -0.2) is 56.5 Å². The Bertz CT molecular complexity index is 354. The molecule has 2 atom stereocenters. The first-order valence-electron chi connectivity index (χ1n) is 5.74. The molecule has 8 heteroatoms. The maximum absolute atomic E-state index is 12.5. The van der Waals surface area contributed by atoms with Crippen molar-refractivity contribution < 1.29 is 27.4 Å². The van der Waals surface area contributed by atoms with Crippen molar-refractivity contribution in [2.45, 2.75) is 18.7 Å². The molecule has 19 heavy (non-hydrogen) atoms. The average molecular weight is 280 g/mol. The predicted octanol–water partition coefficient (Wildman–Crippen LogP) is 0.952. The van der Waals surface area contributed by atoms with Gasteiger partial charge in [0.1, 0.15) is 0 Å². The lowest BCUT2D eigenvalue weighted by Crippen LogP contribution is -2.47. The van der Waals surface area contributed by atoms with Crippen molar-refractivity contribution in [1.82, 2.24) is 4.90 Å². The fourth-order valence-electron chi connectivity index (χ4n) is 1.81. The van der Waals surface area contributed by atoms with E-state index < -0.39 is 30.7 Å². The third kappa shape index (κ3) is 5.04. The van der Waals surface area contributed by atoms with Crippen molar-refractivity contribution in [2.24, 2.45) is 5.92 Å². The van der Waals surface area contributed by atoms with Crippen LogP contribution in [0.3, 0.4) is 0 Å². The third-order valence-corrected chi connectivity index (χ3v) is 2.84. The van der Waals surface area contributed by atoms with Gasteiger partial charge < -0.3 is 9.47 Å². The van der Waals surface area contributed by atoms with Gasteiger partial charge in [-0.3, -0.25) is 9.69 Å². The van der Waals surface area contributed by atoms with E-state index in [1.807, 2.05) is 0 Å². The number of nitrogens with zero attached hydrogens (tertiary/aromatic N) is 2. The molecule has 0 aromatic carbocycles. The first-order chi connectivity index (χ1) is 8.86. The van der Waals surface area contributed by atoms with Gasteiger partial charge in [0.2, 0.25) is 0 Å². The second-order valence-corrected chi connectivity index (χ2v) is 4.26. The normalized spacial score (nSPS) is 22.6. The van der Waals surface area contributed by atoms with Crippen molar-refractivity contribution in [3.8, 4) is 6.07 Å². The average Bonchev–Trinajstić information content (AvgIpc) is 2.34. The Hall–Kier alpha value is -1.33. The highest BCUT2D eigenvalue weighted by molar-refractivity contribution is 5.69. The number of carbonyl (C=O) groups is 1. The van der Waals surface area contributed by atoms with Crippen LogP contribution in [0.25, 0.3) is 0 Å². The SMILES string of the molecule is COC(=O)CC1CN(CC(C#N)C(F)(F)F)CCO1. The van der Waals surface area contributed by atoms with Gasteiger partial charge in [-0.1, -0.05) is 0 Å². The number of alkyl halides is 3. The molecular formula is C11H15F3N2O3. The Morgan fingerprint density at radius 2 is 2.32 bits per heavy atom. The number of carbonyl (C=O) groups excluding carboxylic acids is 1. The first kappa shape index (κ1) is 15.7. The fourth-order valence-corrected chi connectivity index (χ4v) is 1.81. The van der Waals surface area contributed by atoms with E-state index in [0.29, 0.717) is 6.54 Å². The summed E-state index contributed by atoms with van der Waals surface area (Å²) in [6, 6.07) is 1.26. The van der Waals surface area contributed by atoms with Crippen LogP contribution in [0.2, 0.25) is 0 Å². The zero-order valence-corrected chi connectivity index (χ0v) is 10.4. The van der Waals surface area contributed by atoms with Crippen LogP contribution in [0.5, 0.6) is 0 Å². The molecule has 0 spiro atoms. The summed E-state index contributed by atoms with van der Waals surface area (Å²) >= 11 is 0. The van der Waals surface area contributed by atoms with Crippen LogP contribution in [-0.2, 0) is 14.3 Å². The van der Waals surface area contributed by atoms with Gasteiger partial charge in [-0.15, -0.1) is 0 Å². The summed E-state index contributed by atoms with van der Waals surface area (Å²) in [5.41, 5.74) is 0. The van der Waals surface area contributed by atoms with E-state index in [0.717, 1.165) is 0 Å². The number of nitriles is 1. The molecule has 0 aromatic rings. The summed E-state index contributed by atoms with van der Waals surface area (Å²) in [5, 5.41) is 8.54. The minimum absolute atomic E-state index is 0.00373. The van der Waals surface area contributed by atoms with Gasteiger partial charge in [-0.2, -0.15) is 18.4 Å². The highest BCUT2D eigenvalue weighted by Crippen LogP contribution is 2.27. The second-order valence-electron chi connectivity index (χ2n) is 4.26. The van der Waals surface area contributed by atoms with Crippen LogP contribution in [0.1, 0.15) is 6.42 Å². The molecule has 1 fully saturated rings. The Morgan fingerprint density at radius 1 is 1.63 bits per heavy atom. The van der Waals surface area contributed by atoms with Gasteiger partial charge in [-0.25, -0.2) is 0 Å². The summed E-state index contributed by atoms with van der Waals surface area (Å²) < 4.78 is 47.2. The lowest BCUT2D eigenvalue weighted by atomic mass is 10.1. The van der Waals surface area contributed by atoms with Gasteiger partial charge >= 0.3 is 12.1 Å². The van der Waals surface area contributed by atoms with Gasteiger partial charge in [0, 0.05) is 19.6 Å². The Balaban J connectivity index is 2.51. The molecule has 0 aromatic heterocycles. The minimum Gasteiger partial charge on any atom is -0.469 e. The largest absolute Gasteiger partial charge is 0.469 e. The molecule has 1 aliphatic rings. The Labute approximate surface area is 108 Å². The number of esters is 1. The van der Waals surface area contributed by atoms with E-state index >= 15 is 0 Å². The van der Waals surface area contributed by atoms with E-state index in [4.69, 9.17) is 10.00 Å². The predicted molar refractivity (Wildman–Crippen MR) is 58.0 cm³/mol. The van der Waals surface area contributed by atoms with Crippen molar-refractivity contribution in [3.63, 3.8) is 0 Å². The maximum Gasteiger partial charge on any atom is 0.405 e. The van der Waals surface area contributed by atoms with E-state index in [9.17, 15) is 18.0 Å². The summed E-state index contributed by atoms with van der Waals surface area (Å²) in [7, 11) is 1.23. The lowest BCUT2D eigenvalue weighted by molar-refractivity contribution is -0.168. The van der Waals surface area contributed by atoms with Gasteiger partial charge in [-0.05, 0) is 0 Å². The number of rotatable bonds is 4. The second kappa shape index (κ2) is 6.73. The standard InChI is InChI=1S/C11H15F3N2O3/c1-18-10(17)4-9-7-16(2-3-19-9)6-8(5-15)11(12,13)14/h8-9H,2-4,6-7H2,1H3. The fraction of sp³-hybridized carbons (Fsp3) is 0.818. The topological polar surface area (TPSA) is 62.6 Å². The van der Waals surface area contributed by atoms with Gasteiger partial charge in [0.05, 0.1) is 32.3 Å². The molecule has 0 N–H and O–H groups in total. The number of halogens is 3. The van der Waals surface area contributed by atoms with Crippen molar-refractivity contribution in [1.29, 1.82) is 5.26 Å². The number of hydrogen-bond donors (Lipinski definition) is 0. The van der Waals surface area contributed by atoms with Gasteiger partial charge in [0.25, 0.3) is 0 Å². The quantitative estimate of drug-likeness (QED) is 0.718. The zero-order valence-electron chi connectivity index (χ0n) is 10.4. The molecule has 0 saturated carbocycles. The van der Waals surface area contributed by atoms with E-state index in [1.54, 1.807) is 0 Å². The smallest absolute Gasteiger partial charge is 0.405 e. The molecule has 1 aliphatic heterocycles. The zero-order chi connectivity index (χ0) is 14.5. The third-order valence-electron chi connectivity index (χ3n) is 2.84.